The van der Waals surface area contributed by atoms with E-state index >= 15 is 0 Å². The van der Waals surface area contributed by atoms with Gasteiger partial charge in [0.15, 0.2) is 0 Å². The molecule has 2 aromatic carbocycles. The average Bonchev–Trinajstić information content (AvgIpc) is 3.01. The average molecular weight is 489 g/mol. The van der Waals surface area contributed by atoms with Crippen LogP contribution in [0.15, 0.2) is 53.9 Å². The lowest BCUT2D eigenvalue weighted by Gasteiger charge is -2.30. The highest BCUT2D eigenvalue weighted by Crippen LogP contribution is 2.38. The van der Waals surface area contributed by atoms with Crippen LogP contribution in [0.5, 0.6) is 5.75 Å². The van der Waals surface area contributed by atoms with Gasteiger partial charge in [0.05, 0.1) is 18.4 Å². The van der Waals surface area contributed by atoms with Gasteiger partial charge in [-0.2, -0.15) is 0 Å². The largest absolute Gasteiger partial charge is 0.491 e. The minimum absolute atomic E-state index is 0.0619. The normalized spacial score (nSPS) is 17.6. The third kappa shape index (κ3) is 6.48. The number of aryl methyl sites for hydroxylation is 1. The van der Waals surface area contributed by atoms with Crippen LogP contribution in [-0.2, 0) is 11.2 Å². The molecule has 0 saturated carbocycles. The van der Waals surface area contributed by atoms with Crippen molar-refractivity contribution in [3.8, 4) is 5.75 Å². The first kappa shape index (κ1) is 26.0. The van der Waals surface area contributed by atoms with Gasteiger partial charge < -0.3 is 14.4 Å². The van der Waals surface area contributed by atoms with Crippen molar-refractivity contribution < 1.29 is 9.47 Å². The third-order valence-electron chi connectivity index (χ3n) is 6.62. The Morgan fingerprint density at radius 2 is 2.12 bits per heavy atom. The van der Waals surface area contributed by atoms with Gasteiger partial charge in [0.1, 0.15) is 5.75 Å². The summed E-state index contributed by atoms with van der Waals surface area (Å²) in [6, 6.07) is 12.5. The molecule has 1 aliphatic rings. The molecule has 3 atom stereocenters. The van der Waals surface area contributed by atoms with Crippen LogP contribution >= 0.6 is 23.5 Å². The number of hydrogen-bond donors (Lipinski definition) is 1. The molecular formula is C27H37ClN2O2S. The molecule has 2 aromatic rings. The lowest BCUT2D eigenvalue weighted by molar-refractivity contribution is 0.0846. The Labute approximate surface area is 208 Å². The Morgan fingerprint density at radius 1 is 1.30 bits per heavy atom. The SMILES string of the molecule is C=CC(OC)C(CC)CCN1CC(c2ccc(Cl)cc2CCC)COc2ccc(SN)cc21. The van der Waals surface area contributed by atoms with Crippen LogP contribution in [-0.4, -0.2) is 32.9 Å². The Bertz CT molecular complexity index is 923. The van der Waals surface area contributed by atoms with Crippen LogP contribution in [0.2, 0.25) is 5.02 Å². The molecule has 0 fully saturated rings. The number of nitrogens with two attached hydrogens (primary N) is 1. The van der Waals surface area contributed by atoms with Gasteiger partial charge in [-0.05, 0) is 72.2 Å². The van der Waals surface area contributed by atoms with Crippen LogP contribution in [0.1, 0.15) is 50.2 Å². The van der Waals surface area contributed by atoms with Gasteiger partial charge in [0.25, 0.3) is 0 Å². The molecule has 4 nitrogen and oxygen atoms in total. The zero-order valence-electron chi connectivity index (χ0n) is 20.1. The van der Waals surface area contributed by atoms with Gasteiger partial charge in [-0.3, -0.25) is 5.14 Å². The van der Waals surface area contributed by atoms with E-state index in [1.54, 1.807) is 7.11 Å². The minimum atomic E-state index is 0.0619. The summed E-state index contributed by atoms with van der Waals surface area (Å²) in [5, 5.41) is 6.68. The zero-order chi connectivity index (χ0) is 23.8. The van der Waals surface area contributed by atoms with Crippen LogP contribution in [0, 0.1) is 5.92 Å². The highest BCUT2D eigenvalue weighted by atomic mass is 35.5. The molecule has 33 heavy (non-hydrogen) atoms. The molecule has 0 aromatic heterocycles. The molecule has 6 heteroatoms. The number of nitrogens with zero attached hydrogens (tertiary/aromatic N) is 1. The molecule has 1 heterocycles. The van der Waals surface area contributed by atoms with E-state index in [4.69, 9.17) is 26.2 Å². The molecule has 0 spiro atoms. The fraction of sp³-hybridized carbons (Fsp3) is 0.481. The van der Waals surface area contributed by atoms with Crippen molar-refractivity contribution >= 4 is 29.2 Å². The lowest BCUT2D eigenvalue weighted by Crippen LogP contribution is -2.33. The van der Waals surface area contributed by atoms with Gasteiger partial charge in [-0.25, -0.2) is 0 Å². The van der Waals surface area contributed by atoms with Crippen molar-refractivity contribution in [2.75, 3.05) is 31.7 Å². The second-order valence-electron chi connectivity index (χ2n) is 8.69. The topological polar surface area (TPSA) is 47.7 Å². The smallest absolute Gasteiger partial charge is 0.142 e. The highest BCUT2D eigenvalue weighted by molar-refractivity contribution is 7.97. The summed E-state index contributed by atoms with van der Waals surface area (Å²) >= 11 is 7.61. The second kappa shape index (κ2) is 12.7. The van der Waals surface area contributed by atoms with E-state index in [1.807, 2.05) is 24.3 Å². The number of benzene rings is 2. The summed E-state index contributed by atoms with van der Waals surface area (Å²) in [5.41, 5.74) is 3.77. The van der Waals surface area contributed by atoms with Crippen molar-refractivity contribution in [1.29, 1.82) is 0 Å². The molecule has 3 rings (SSSR count). The minimum Gasteiger partial charge on any atom is -0.491 e. The lowest BCUT2D eigenvalue weighted by atomic mass is 9.91. The second-order valence-corrected chi connectivity index (χ2v) is 9.83. The Hall–Kier alpha value is -1.66. The maximum absolute atomic E-state index is 6.37. The summed E-state index contributed by atoms with van der Waals surface area (Å²) in [6.45, 7) is 10.8. The van der Waals surface area contributed by atoms with Crippen molar-refractivity contribution in [2.24, 2.45) is 11.1 Å². The van der Waals surface area contributed by atoms with Crippen LogP contribution in [0.25, 0.3) is 0 Å². The van der Waals surface area contributed by atoms with E-state index in [0.29, 0.717) is 12.5 Å². The first-order valence-electron chi connectivity index (χ1n) is 11.9. The quantitative estimate of drug-likeness (QED) is 0.276. The molecule has 0 radical (unpaired) electrons. The molecule has 2 N–H and O–H groups in total. The van der Waals surface area contributed by atoms with E-state index in [9.17, 15) is 0 Å². The Morgan fingerprint density at radius 3 is 2.79 bits per heavy atom. The molecule has 0 bridgehead atoms. The number of hydrogen-bond acceptors (Lipinski definition) is 5. The van der Waals surface area contributed by atoms with Crippen molar-refractivity contribution in [3.05, 3.63) is 65.2 Å². The number of methoxy groups -OCH3 is 1. The maximum atomic E-state index is 6.37. The van der Waals surface area contributed by atoms with E-state index < -0.39 is 0 Å². The number of ether oxygens (including phenoxy) is 2. The van der Waals surface area contributed by atoms with Gasteiger partial charge in [0, 0.05) is 36.0 Å². The predicted octanol–water partition coefficient (Wildman–Crippen LogP) is 6.86. The van der Waals surface area contributed by atoms with Gasteiger partial charge in [-0.15, -0.1) is 6.58 Å². The monoisotopic (exact) mass is 488 g/mol. The van der Waals surface area contributed by atoms with Gasteiger partial charge >= 0.3 is 0 Å². The van der Waals surface area contributed by atoms with Gasteiger partial charge in [-0.1, -0.05) is 50.4 Å². The number of anilines is 1. The summed E-state index contributed by atoms with van der Waals surface area (Å²) in [6.07, 6.45) is 6.13. The summed E-state index contributed by atoms with van der Waals surface area (Å²) < 4.78 is 12.0. The van der Waals surface area contributed by atoms with Gasteiger partial charge in [0.2, 0.25) is 0 Å². The fourth-order valence-electron chi connectivity index (χ4n) is 4.81. The van der Waals surface area contributed by atoms with Crippen molar-refractivity contribution in [3.63, 3.8) is 0 Å². The van der Waals surface area contributed by atoms with E-state index in [2.05, 4.69) is 43.5 Å². The fourth-order valence-corrected chi connectivity index (χ4v) is 5.33. The van der Waals surface area contributed by atoms with Crippen LogP contribution < -0.4 is 14.8 Å². The van der Waals surface area contributed by atoms with Crippen molar-refractivity contribution in [1.82, 2.24) is 0 Å². The number of fused-ring (bicyclic) bond motifs is 1. The van der Waals surface area contributed by atoms with Crippen molar-refractivity contribution in [2.45, 2.75) is 56.4 Å². The highest BCUT2D eigenvalue weighted by Gasteiger charge is 2.27. The Balaban J connectivity index is 1.93. The summed E-state index contributed by atoms with van der Waals surface area (Å²) in [4.78, 5) is 3.50. The molecule has 0 aliphatic carbocycles. The molecule has 0 amide bonds. The van der Waals surface area contributed by atoms with Crippen LogP contribution in [0.4, 0.5) is 5.69 Å². The van der Waals surface area contributed by atoms with E-state index in [0.717, 1.165) is 60.1 Å². The standard InChI is InChI=1S/C27H37ClN2O2S/c1-5-8-20-15-22(28)9-11-24(20)21-17-30(14-13-19(6-2)26(7-3)31-4)25-16-23(33-29)10-12-27(25)32-18-21/h7,9-12,15-16,19,21,26H,3,5-6,8,13-14,17-18,29H2,1-2,4H3. The zero-order valence-corrected chi connectivity index (χ0v) is 21.6. The molecule has 0 saturated heterocycles. The predicted molar refractivity (Wildman–Crippen MR) is 142 cm³/mol. The number of halogens is 1. The summed E-state index contributed by atoms with van der Waals surface area (Å²) in [7, 11) is 1.76. The molecule has 180 valence electrons. The van der Waals surface area contributed by atoms with Crippen LogP contribution in [0.3, 0.4) is 0 Å². The van der Waals surface area contributed by atoms with E-state index in [-0.39, 0.29) is 12.0 Å². The first-order chi connectivity index (χ1) is 16.0. The maximum Gasteiger partial charge on any atom is 0.142 e. The molecule has 3 unspecified atom stereocenters. The van der Waals surface area contributed by atoms with E-state index in [1.165, 1.54) is 23.1 Å². The first-order valence-corrected chi connectivity index (χ1v) is 13.1. The Kier molecular flexibility index (Phi) is 9.99. The number of rotatable bonds is 11. The third-order valence-corrected chi connectivity index (χ3v) is 7.38. The molecular weight excluding hydrogens is 452 g/mol. The molecule has 1 aliphatic heterocycles. The summed E-state index contributed by atoms with van der Waals surface area (Å²) in [5.74, 6) is 1.58.